The van der Waals surface area contributed by atoms with Crippen LogP contribution in [0.25, 0.3) is 11.0 Å². The second-order valence-electron chi connectivity index (χ2n) is 3.25. The van der Waals surface area contributed by atoms with Gasteiger partial charge in [0.05, 0.1) is 22.7 Å². The van der Waals surface area contributed by atoms with Gasteiger partial charge in [0, 0.05) is 6.54 Å². The molecule has 0 unspecified atom stereocenters. The highest BCUT2D eigenvalue weighted by atomic mass is 16.3. The number of aliphatic hydroxyl groups excluding tert-OH is 1. The Balaban J connectivity index is 2.72. The second kappa shape index (κ2) is 3.71. The largest absolute Gasteiger partial charge is 0.388 e. The van der Waals surface area contributed by atoms with E-state index in [4.69, 9.17) is 10.4 Å². The minimum Gasteiger partial charge on any atom is -0.388 e. The van der Waals surface area contributed by atoms with Crippen LogP contribution < -0.4 is 0 Å². The summed E-state index contributed by atoms with van der Waals surface area (Å²) in [6.07, 6.45) is 0. The fraction of sp³-hybridized carbons (Fsp3) is 0.273. The Morgan fingerprint density at radius 1 is 1.53 bits per heavy atom. The fourth-order valence-electron chi connectivity index (χ4n) is 1.72. The molecule has 0 fully saturated rings. The van der Waals surface area contributed by atoms with Crippen molar-refractivity contribution in [3.8, 4) is 6.07 Å². The van der Waals surface area contributed by atoms with Crippen LogP contribution in [0.5, 0.6) is 0 Å². The Hall–Kier alpha value is -1.86. The molecule has 1 N–H and O–H groups in total. The molecule has 0 saturated carbocycles. The summed E-state index contributed by atoms with van der Waals surface area (Å²) in [5.74, 6) is 0.641. The minimum absolute atomic E-state index is 0.0790. The molecule has 0 aliphatic rings. The number of aliphatic hydroxyl groups is 1. The molecule has 2 rings (SSSR count). The number of imidazole rings is 1. The number of hydrogen-bond donors (Lipinski definition) is 1. The molecular weight excluding hydrogens is 190 g/mol. The smallest absolute Gasteiger partial charge is 0.135 e. The quantitative estimate of drug-likeness (QED) is 0.799. The molecule has 0 aliphatic heterocycles. The van der Waals surface area contributed by atoms with Gasteiger partial charge < -0.3 is 9.67 Å². The Kier molecular flexibility index (Phi) is 2.40. The fourth-order valence-corrected chi connectivity index (χ4v) is 1.72. The van der Waals surface area contributed by atoms with Crippen molar-refractivity contribution in [1.29, 1.82) is 5.26 Å². The summed E-state index contributed by atoms with van der Waals surface area (Å²) in [6.45, 7) is 2.68. The molecular formula is C11H11N3O. The lowest BCUT2D eigenvalue weighted by molar-refractivity contribution is 0.266. The second-order valence-corrected chi connectivity index (χ2v) is 3.25. The van der Waals surface area contributed by atoms with Gasteiger partial charge in [-0.15, -0.1) is 0 Å². The molecule has 4 heteroatoms. The summed E-state index contributed by atoms with van der Waals surface area (Å²) in [4.78, 5) is 4.27. The van der Waals surface area contributed by atoms with E-state index in [1.165, 1.54) is 0 Å². The molecule has 1 heterocycles. The van der Waals surface area contributed by atoms with Crippen LogP contribution in [-0.2, 0) is 13.2 Å². The van der Waals surface area contributed by atoms with Crippen LogP contribution in [0.1, 0.15) is 18.3 Å². The lowest BCUT2D eigenvalue weighted by Crippen LogP contribution is -2.00. The molecule has 0 radical (unpaired) electrons. The third kappa shape index (κ3) is 1.47. The summed E-state index contributed by atoms with van der Waals surface area (Å²) in [5.41, 5.74) is 2.31. The monoisotopic (exact) mass is 201 g/mol. The molecule has 1 aromatic heterocycles. The molecule has 76 valence electrons. The average molecular weight is 201 g/mol. The lowest BCUT2D eigenvalue weighted by atomic mass is 10.2. The van der Waals surface area contributed by atoms with Crippen molar-refractivity contribution in [1.82, 2.24) is 9.55 Å². The topological polar surface area (TPSA) is 61.8 Å². The normalized spacial score (nSPS) is 10.5. The first-order valence-electron chi connectivity index (χ1n) is 4.80. The zero-order valence-electron chi connectivity index (χ0n) is 8.44. The molecule has 0 aliphatic carbocycles. The summed E-state index contributed by atoms with van der Waals surface area (Å²) in [5, 5.41) is 17.9. The van der Waals surface area contributed by atoms with E-state index in [0.717, 1.165) is 17.6 Å². The summed E-state index contributed by atoms with van der Waals surface area (Å²) < 4.78 is 1.94. The summed E-state index contributed by atoms with van der Waals surface area (Å²) in [6, 6.07) is 7.43. The van der Waals surface area contributed by atoms with Gasteiger partial charge in [-0.25, -0.2) is 4.98 Å². The van der Waals surface area contributed by atoms with Crippen LogP contribution >= 0.6 is 0 Å². The zero-order chi connectivity index (χ0) is 10.8. The van der Waals surface area contributed by atoms with Gasteiger partial charge in [-0.1, -0.05) is 0 Å². The maximum absolute atomic E-state index is 9.13. The van der Waals surface area contributed by atoms with Crippen molar-refractivity contribution in [3.05, 3.63) is 29.6 Å². The van der Waals surface area contributed by atoms with Gasteiger partial charge in [0.2, 0.25) is 0 Å². The van der Waals surface area contributed by atoms with E-state index < -0.39 is 0 Å². The maximum Gasteiger partial charge on any atom is 0.135 e. The standard InChI is InChI=1S/C11H11N3O/c1-2-14-10-4-3-8(6-12)5-9(10)13-11(14)7-15/h3-5,15H,2,7H2,1H3. The minimum atomic E-state index is -0.0790. The van der Waals surface area contributed by atoms with Crippen molar-refractivity contribution >= 4 is 11.0 Å². The van der Waals surface area contributed by atoms with Gasteiger partial charge in [0.25, 0.3) is 0 Å². The van der Waals surface area contributed by atoms with E-state index in [2.05, 4.69) is 11.1 Å². The number of hydrogen-bond acceptors (Lipinski definition) is 3. The first kappa shape index (κ1) is 9.69. The Morgan fingerprint density at radius 3 is 2.93 bits per heavy atom. The van der Waals surface area contributed by atoms with Crippen LogP contribution in [0.2, 0.25) is 0 Å². The Morgan fingerprint density at radius 2 is 2.33 bits per heavy atom. The molecule has 0 amide bonds. The van der Waals surface area contributed by atoms with Gasteiger partial charge in [0.1, 0.15) is 12.4 Å². The third-order valence-corrected chi connectivity index (χ3v) is 2.41. The van der Waals surface area contributed by atoms with Gasteiger partial charge >= 0.3 is 0 Å². The number of nitriles is 1. The maximum atomic E-state index is 9.13. The van der Waals surface area contributed by atoms with Crippen LogP contribution in [0.15, 0.2) is 18.2 Å². The third-order valence-electron chi connectivity index (χ3n) is 2.41. The van der Waals surface area contributed by atoms with E-state index in [1.54, 1.807) is 12.1 Å². The van der Waals surface area contributed by atoms with Crippen molar-refractivity contribution in [2.45, 2.75) is 20.1 Å². The molecule has 15 heavy (non-hydrogen) atoms. The number of aryl methyl sites for hydroxylation is 1. The molecule has 4 nitrogen and oxygen atoms in total. The number of fused-ring (bicyclic) bond motifs is 1. The lowest BCUT2D eigenvalue weighted by Gasteiger charge is -2.02. The molecule has 0 spiro atoms. The van der Waals surface area contributed by atoms with Gasteiger partial charge in [-0.05, 0) is 25.1 Å². The van der Waals surface area contributed by atoms with E-state index in [0.29, 0.717) is 11.4 Å². The Labute approximate surface area is 87.4 Å². The highest BCUT2D eigenvalue weighted by Crippen LogP contribution is 2.17. The van der Waals surface area contributed by atoms with Crippen molar-refractivity contribution in [2.24, 2.45) is 0 Å². The first-order chi connectivity index (χ1) is 7.30. The van der Waals surface area contributed by atoms with Crippen LogP contribution in [0.3, 0.4) is 0 Å². The summed E-state index contributed by atoms with van der Waals surface area (Å²) in [7, 11) is 0. The zero-order valence-corrected chi connectivity index (χ0v) is 8.44. The van der Waals surface area contributed by atoms with E-state index in [1.807, 2.05) is 17.6 Å². The Bertz CT molecular complexity index is 536. The highest BCUT2D eigenvalue weighted by Gasteiger charge is 2.08. The molecule has 0 saturated heterocycles. The van der Waals surface area contributed by atoms with E-state index in [-0.39, 0.29) is 6.61 Å². The van der Waals surface area contributed by atoms with Gasteiger partial charge in [-0.2, -0.15) is 5.26 Å². The summed E-state index contributed by atoms with van der Waals surface area (Å²) >= 11 is 0. The molecule has 0 atom stereocenters. The molecule has 1 aromatic carbocycles. The number of aromatic nitrogens is 2. The van der Waals surface area contributed by atoms with Crippen LogP contribution in [-0.4, -0.2) is 14.7 Å². The van der Waals surface area contributed by atoms with E-state index >= 15 is 0 Å². The predicted molar refractivity (Wildman–Crippen MR) is 56.0 cm³/mol. The number of benzene rings is 1. The first-order valence-corrected chi connectivity index (χ1v) is 4.80. The van der Waals surface area contributed by atoms with E-state index in [9.17, 15) is 0 Å². The average Bonchev–Trinajstić information content (AvgIpc) is 2.65. The SMILES string of the molecule is CCn1c(CO)nc2cc(C#N)ccc21. The number of rotatable bonds is 2. The van der Waals surface area contributed by atoms with Crippen molar-refractivity contribution < 1.29 is 5.11 Å². The van der Waals surface area contributed by atoms with Crippen molar-refractivity contribution in [3.63, 3.8) is 0 Å². The molecule has 0 bridgehead atoms. The predicted octanol–water partition coefficient (Wildman–Crippen LogP) is 1.42. The van der Waals surface area contributed by atoms with Gasteiger partial charge in [-0.3, -0.25) is 0 Å². The van der Waals surface area contributed by atoms with Crippen molar-refractivity contribution in [2.75, 3.05) is 0 Å². The van der Waals surface area contributed by atoms with Gasteiger partial charge in [0.15, 0.2) is 0 Å². The van der Waals surface area contributed by atoms with Crippen LogP contribution in [0, 0.1) is 11.3 Å². The highest BCUT2D eigenvalue weighted by molar-refractivity contribution is 5.77. The number of nitrogens with zero attached hydrogens (tertiary/aromatic N) is 3. The van der Waals surface area contributed by atoms with Crippen LogP contribution in [0.4, 0.5) is 0 Å². The molecule has 2 aromatic rings.